The molecular weight excluding hydrogens is 381 g/mol. The summed E-state index contributed by atoms with van der Waals surface area (Å²) in [6.45, 7) is 5.58. The lowest BCUT2D eigenvalue weighted by molar-refractivity contribution is 0.140. The lowest BCUT2D eigenvalue weighted by Gasteiger charge is -2.19. The maximum Gasteiger partial charge on any atom is 0.141 e. The standard InChI is InChI=1S/C21H21ClFN3O2/c1-12(2)15-8-16-19(9-20(15)28-14-5-6-27-10-14)24-11-25-21(16)26-13-3-4-18(23)17(22)7-13/h3-4,7-9,11-12,14H,5-6,10H2,1-2H3,(H,24,25,26)/t14-/m0/s1. The Morgan fingerprint density at radius 2 is 2.11 bits per heavy atom. The molecule has 0 saturated carbocycles. The Bertz CT molecular complexity index is 1010. The number of ether oxygens (including phenoxy) is 2. The zero-order valence-electron chi connectivity index (χ0n) is 15.7. The third-order valence-electron chi connectivity index (χ3n) is 4.75. The summed E-state index contributed by atoms with van der Waals surface area (Å²) in [5.41, 5.74) is 2.50. The summed E-state index contributed by atoms with van der Waals surface area (Å²) in [4.78, 5) is 8.77. The number of hydrogen-bond acceptors (Lipinski definition) is 5. The van der Waals surface area contributed by atoms with E-state index in [1.165, 1.54) is 18.5 Å². The van der Waals surface area contributed by atoms with E-state index in [-0.39, 0.29) is 17.0 Å². The van der Waals surface area contributed by atoms with Crippen molar-refractivity contribution >= 4 is 34.0 Å². The van der Waals surface area contributed by atoms with Crippen LogP contribution in [0.3, 0.4) is 0 Å². The van der Waals surface area contributed by atoms with Crippen molar-refractivity contribution in [2.24, 2.45) is 0 Å². The summed E-state index contributed by atoms with van der Waals surface area (Å²) in [5, 5.41) is 4.13. The van der Waals surface area contributed by atoms with E-state index < -0.39 is 5.82 Å². The summed E-state index contributed by atoms with van der Waals surface area (Å²) in [7, 11) is 0. The summed E-state index contributed by atoms with van der Waals surface area (Å²) in [6.07, 6.45) is 2.45. The van der Waals surface area contributed by atoms with Gasteiger partial charge in [-0.3, -0.25) is 0 Å². The van der Waals surface area contributed by atoms with E-state index in [2.05, 4.69) is 35.2 Å². The quantitative estimate of drug-likeness (QED) is 0.615. The molecule has 3 aromatic rings. The number of aromatic nitrogens is 2. The van der Waals surface area contributed by atoms with Crippen LogP contribution in [-0.4, -0.2) is 29.3 Å². The van der Waals surface area contributed by atoms with Gasteiger partial charge in [-0.2, -0.15) is 0 Å². The van der Waals surface area contributed by atoms with E-state index in [0.29, 0.717) is 18.1 Å². The first-order valence-electron chi connectivity index (χ1n) is 9.26. The van der Waals surface area contributed by atoms with Gasteiger partial charge in [0.15, 0.2) is 0 Å². The molecule has 0 unspecified atom stereocenters. The van der Waals surface area contributed by atoms with Gasteiger partial charge < -0.3 is 14.8 Å². The van der Waals surface area contributed by atoms with Gasteiger partial charge >= 0.3 is 0 Å². The van der Waals surface area contributed by atoms with Crippen LogP contribution in [0.2, 0.25) is 5.02 Å². The van der Waals surface area contributed by atoms with E-state index >= 15 is 0 Å². The molecule has 0 bridgehead atoms. The molecule has 4 rings (SSSR count). The number of nitrogens with one attached hydrogen (secondary N) is 1. The Hall–Kier alpha value is -2.44. The van der Waals surface area contributed by atoms with Crippen molar-refractivity contribution in [2.45, 2.75) is 32.3 Å². The van der Waals surface area contributed by atoms with Crippen molar-refractivity contribution in [1.82, 2.24) is 9.97 Å². The van der Waals surface area contributed by atoms with Crippen LogP contribution in [0.4, 0.5) is 15.9 Å². The van der Waals surface area contributed by atoms with Gasteiger partial charge in [-0.25, -0.2) is 14.4 Å². The Morgan fingerprint density at radius 1 is 1.25 bits per heavy atom. The molecule has 5 nitrogen and oxygen atoms in total. The summed E-state index contributed by atoms with van der Waals surface area (Å²) < 4.78 is 25.1. The second-order valence-electron chi connectivity index (χ2n) is 7.14. The summed E-state index contributed by atoms with van der Waals surface area (Å²) in [5.74, 6) is 1.26. The first-order valence-corrected chi connectivity index (χ1v) is 9.64. The van der Waals surface area contributed by atoms with E-state index in [9.17, 15) is 4.39 Å². The van der Waals surface area contributed by atoms with E-state index in [1.54, 1.807) is 6.07 Å². The summed E-state index contributed by atoms with van der Waals surface area (Å²) >= 11 is 5.89. The van der Waals surface area contributed by atoms with Crippen LogP contribution in [0.15, 0.2) is 36.7 Å². The number of rotatable bonds is 5. The van der Waals surface area contributed by atoms with Crippen LogP contribution in [0.25, 0.3) is 10.9 Å². The van der Waals surface area contributed by atoms with Crippen LogP contribution < -0.4 is 10.1 Å². The fraction of sp³-hybridized carbons (Fsp3) is 0.333. The van der Waals surface area contributed by atoms with Crippen molar-refractivity contribution < 1.29 is 13.9 Å². The van der Waals surface area contributed by atoms with Gasteiger partial charge in [0.25, 0.3) is 0 Å². The monoisotopic (exact) mass is 401 g/mol. The van der Waals surface area contributed by atoms with Crippen LogP contribution in [0.5, 0.6) is 5.75 Å². The molecule has 0 spiro atoms. The molecule has 1 aliphatic rings. The van der Waals surface area contributed by atoms with Gasteiger partial charge in [-0.1, -0.05) is 25.4 Å². The zero-order chi connectivity index (χ0) is 19.7. The van der Waals surface area contributed by atoms with Crippen LogP contribution in [0, 0.1) is 5.82 Å². The highest BCUT2D eigenvalue weighted by atomic mass is 35.5. The molecule has 0 aliphatic carbocycles. The van der Waals surface area contributed by atoms with Crippen LogP contribution in [0.1, 0.15) is 31.7 Å². The lowest BCUT2D eigenvalue weighted by atomic mass is 9.99. The summed E-state index contributed by atoms with van der Waals surface area (Å²) in [6, 6.07) is 8.48. The largest absolute Gasteiger partial charge is 0.488 e. The highest BCUT2D eigenvalue weighted by Gasteiger charge is 2.21. The van der Waals surface area contributed by atoms with E-state index in [1.807, 2.05) is 6.07 Å². The van der Waals surface area contributed by atoms with Gasteiger partial charge in [0, 0.05) is 23.6 Å². The second-order valence-corrected chi connectivity index (χ2v) is 7.55. The molecule has 1 atom stereocenters. The van der Waals surface area contributed by atoms with Gasteiger partial charge in [-0.15, -0.1) is 0 Å². The molecule has 2 heterocycles. The van der Waals surface area contributed by atoms with Gasteiger partial charge in [-0.05, 0) is 35.7 Å². The highest BCUT2D eigenvalue weighted by Crippen LogP contribution is 2.35. The molecule has 1 saturated heterocycles. The molecule has 1 aromatic heterocycles. The van der Waals surface area contributed by atoms with Crippen molar-refractivity contribution in [3.8, 4) is 5.75 Å². The van der Waals surface area contributed by atoms with Crippen LogP contribution in [-0.2, 0) is 4.74 Å². The van der Waals surface area contributed by atoms with Crippen molar-refractivity contribution in [1.29, 1.82) is 0 Å². The topological polar surface area (TPSA) is 56.3 Å². The molecule has 0 amide bonds. The van der Waals surface area contributed by atoms with Crippen molar-refractivity contribution in [3.63, 3.8) is 0 Å². The first-order chi connectivity index (χ1) is 13.5. The minimum atomic E-state index is -0.459. The van der Waals surface area contributed by atoms with Crippen LogP contribution >= 0.6 is 11.6 Å². The third kappa shape index (κ3) is 3.88. The minimum Gasteiger partial charge on any atom is -0.488 e. The SMILES string of the molecule is CC(C)c1cc2c(Nc3ccc(F)c(Cl)c3)ncnc2cc1O[C@H]1CCOC1. The Morgan fingerprint density at radius 3 is 2.82 bits per heavy atom. The minimum absolute atomic E-state index is 0.0562. The predicted octanol–water partition coefficient (Wildman–Crippen LogP) is 5.46. The zero-order valence-corrected chi connectivity index (χ0v) is 16.5. The van der Waals surface area contributed by atoms with Gasteiger partial charge in [0.2, 0.25) is 0 Å². The Balaban J connectivity index is 1.73. The normalized spacial score (nSPS) is 16.7. The van der Waals surface area contributed by atoms with Crippen molar-refractivity contribution in [2.75, 3.05) is 18.5 Å². The fourth-order valence-electron chi connectivity index (χ4n) is 3.25. The fourth-order valence-corrected chi connectivity index (χ4v) is 3.43. The Labute approximate surface area is 167 Å². The molecule has 7 heteroatoms. The highest BCUT2D eigenvalue weighted by molar-refractivity contribution is 6.31. The van der Waals surface area contributed by atoms with E-state index in [4.69, 9.17) is 21.1 Å². The smallest absolute Gasteiger partial charge is 0.141 e. The molecule has 1 aliphatic heterocycles. The Kier molecular flexibility index (Phi) is 5.33. The average Bonchev–Trinajstić information content (AvgIpc) is 3.17. The predicted molar refractivity (Wildman–Crippen MR) is 108 cm³/mol. The molecular formula is C21H21ClFN3O2. The first kappa shape index (κ1) is 18.9. The van der Waals surface area contributed by atoms with Gasteiger partial charge in [0.1, 0.15) is 29.8 Å². The maximum atomic E-state index is 13.4. The molecule has 1 fully saturated rings. The number of halogens is 2. The maximum absolute atomic E-state index is 13.4. The lowest BCUT2D eigenvalue weighted by Crippen LogP contribution is -2.17. The second kappa shape index (κ2) is 7.89. The number of hydrogen-bond donors (Lipinski definition) is 1. The molecule has 146 valence electrons. The van der Waals surface area contributed by atoms with Crippen molar-refractivity contribution in [3.05, 3.63) is 53.1 Å². The van der Waals surface area contributed by atoms with Gasteiger partial charge in [0.05, 0.1) is 23.8 Å². The average molecular weight is 402 g/mol. The molecule has 28 heavy (non-hydrogen) atoms. The molecule has 2 aromatic carbocycles. The van der Waals surface area contributed by atoms with E-state index in [0.717, 1.165) is 35.2 Å². The number of fused-ring (bicyclic) bond motifs is 1. The molecule has 1 N–H and O–H groups in total. The number of nitrogens with zero attached hydrogens (tertiary/aromatic N) is 2. The number of benzene rings is 2. The molecule has 0 radical (unpaired) electrons. The number of anilines is 2. The third-order valence-corrected chi connectivity index (χ3v) is 5.04.